The minimum absolute atomic E-state index is 0.121. The molecule has 0 spiro atoms. The highest BCUT2D eigenvalue weighted by molar-refractivity contribution is 6.31. The zero-order valence-electron chi connectivity index (χ0n) is 13.9. The van der Waals surface area contributed by atoms with Crippen molar-refractivity contribution in [3.63, 3.8) is 0 Å². The van der Waals surface area contributed by atoms with Gasteiger partial charge < -0.3 is 4.74 Å². The van der Waals surface area contributed by atoms with Crippen molar-refractivity contribution in [2.45, 2.75) is 26.5 Å². The topological polar surface area (TPSA) is 61.2 Å². The number of carbonyl (C=O) groups excluding carboxylic acids is 1. The normalized spacial score (nSPS) is 12.1. The molecule has 3 aromatic rings. The van der Waals surface area contributed by atoms with E-state index in [0.29, 0.717) is 27.9 Å². The van der Waals surface area contributed by atoms with Gasteiger partial charge in [0.05, 0.1) is 5.39 Å². The minimum Gasteiger partial charge on any atom is -0.453 e. The second kappa shape index (κ2) is 7.07. The SMILES string of the molecule is CCn1nc(C(=O)O[C@@H](C)c2ccccc2Cl)c2ccccc2c1=O. The van der Waals surface area contributed by atoms with E-state index in [1.54, 1.807) is 50.2 Å². The molecule has 0 saturated heterocycles. The molecule has 0 aliphatic heterocycles. The van der Waals surface area contributed by atoms with Crippen LogP contribution in [0.25, 0.3) is 10.8 Å². The van der Waals surface area contributed by atoms with Crippen LogP contribution in [-0.2, 0) is 11.3 Å². The van der Waals surface area contributed by atoms with Crippen LogP contribution in [0, 0.1) is 0 Å². The zero-order chi connectivity index (χ0) is 18.0. The quantitative estimate of drug-likeness (QED) is 0.663. The number of carbonyl (C=O) groups is 1. The number of ether oxygens (including phenoxy) is 1. The predicted molar refractivity (Wildman–Crippen MR) is 97.0 cm³/mol. The van der Waals surface area contributed by atoms with Gasteiger partial charge in [0.2, 0.25) is 0 Å². The minimum atomic E-state index is -0.592. The van der Waals surface area contributed by atoms with Gasteiger partial charge in [0.1, 0.15) is 6.10 Å². The van der Waals surface area contributed by atoms with Crippen LogP contribution >= 0.6 is 11.6 Å². The summed E-state index contributed by atoms with van der Waals surface area (Å²) in [6.45, 7) is 3.91. The number of esters is 1. The van der Waals surface area contributed by atoms with E-state index in [2.05, 4.69) is 5.10 Å². The van der Waals surface area contributed by atoms with Crippen molar-refractivity contribution in [3.8, 4) is 0 Å². The lowest BCUT2D eigenvalue weighted by Crippen LogP contribution is -2.26. The number of rotatable bonds is 4. The number of nitrogens with zero attached hydrogens (tertiary/aromatic N) is 2. The molecular formula is C19H17ClN2O3. The smallest absolute Gasteiger partial charge is 0.360 e. The standard InChI is InChI=1S/C19H17ClN2O3/c1-3-22-18(23)15-10-5-4-9-14(15)17(21-22)19(24)25-12(2)13-8-6-7-11-16(13)20/h4-12H,3H2,1-2H3/t12-/m0/s1. The van der Waals surface area contributed by atoms with E-state index >= 15 is 0 Å². The van der Waals surface area contributed by atoms with Crippen molar-refractivity contribution >= 4 is 28.3 Å². The monoisotopic (exact) mass is 356 g/mol. The maximum Gasteiger partial charge on any atom is 0.360 e. The third-order valence-electron chi connectivity index (χ3n) is 3.99. The first-order valence-corrected chi connectivity index (χ1v) is 8.36. The molecule has 0 radical (unpaired) electrons. The van der Waals surface area contributed by atoms with E-state index in [9.17, 15) is 9.59 Å². The van der Waals surface area contributed by atoms with Gasteiger partial charge in [-0.05, 0) is 26.0 Å². The van der Waals surface area contributed by atoms with Crippen LogP contribution in [0.1, 0.15) is 36.0 Å². The molecule has 0 fully saturated rings. The Hall–Kier alpha value is -2.66. The van der Waals surface area contributed by atoms with Crippen LogP contribution in [0.4, 0.5) is 0 Å². The Morgan fingerprint density at radius 1 is 1.16 bits per heavy atom. The van der Waals surface area contributed by atoms with Crippen LogP contribution in [-0.4, -0.2) is 15.7 Å². The molecule has 5 nitrogen and oxygen atoms in total. The summed E-state index contributed by atoms with van der Waals surface area (Å²) in [5, 5.41) is 5.63. The highest BCUT2D eigenvalue weighted by atomic mass is 35.5. The van der Waals surface area contributed by atoms with Crippen molar-refractivity contribution in [2.24, 2.45) is 0 Å². The Morgan fingerprint density at radius 2 is 1.80 bits per heavy atom. The molecule has 1 heterocycles. The van der Waals surface area contributed by atoms with Crippen molar-refractivity contribution < 1.29 is 9.53 Å². The Labute approximate surface area is 149 Å². The van der Waals surface area contributed by atoms with Gasteiger partial charge in [-0.2, -0.15) is 5.10 Å². The number of halogens is 1. The lowest BCUT2D eigenvalue weighted by Gasteiger charge is -2.16. The average molecular weight is 357 g/mol. The molecule has 25 heavy (non-hydrogen) atoms. The first-order valence-electron chi connectivity index (χ1n) is 7.98. The van der Waals surface area contributed by atoms with E-state index in [-0.39, 0.29) is 11.3 Å². The second-order valence-electron chi connectivity index (χ2n) is 5.58. The molecule has 2 aromatic carbocycles. The molecule has 0 N–H and O–H groups in total. The highest BCUT2D eigenvalue weighted by Gasteiger charge is 2.21. The first-order chi connectivity index (χ1) is 12.0. The summed E-state index contributed by atoms with van der Waals surface area (Å²) in [6, 6.07) is 14.1. The zero-order valence-corrected chi connectivity index (χ0v) is 14.7. The molecule has 1 aromatic heterocycles. The molecule has 6 heteroatoms. The van der Waals surface area contributed by atoms with Gasteiger partial charge in [0.15, 0.2) is 5.69 Å². The summed E-state index contributed by atoms with van der Waals surface area (Å²) < 4.78 is 6.81. The molecule has 128 valence electrons. The van der Waals surface area contributed by atoms with Crippen LogP contribution in [0.5, 0.6) is 0 Å². The maximum absolute atomic E-state index is 12.7. The van der Waals surface area contributed by atoms with Crippen LogP contribution < -0.4 is 5.56 Å². The van der Waals surface area contributed by atoms with Crippen molar-refractivity contribution in [1.29, 1.82) is 0 Å². The number of benzene rings is 2. The first kappa shape index (κ1) is 17.2. The lowest BCUT2D eigenvalue weighted by molar-refractivity contribution is 0.0331. The third kappa shape index (κ3) is 3.28. The Morgan fingerprint density at radius 3 is 2.48 bits per heavy atom. The van der Waals surface area contributed by atoms with Crippen LogP contribution in [0.3, 0.4) is 0 Å². The van der Waals surface area contributed by atoms with E-state index in [1.165, 1.54) is 4.68 Å². The number of hydrogen-bond donors (Lipinski definition) is 0. The molecule has 0 aliphatic carbocycles. The molecule has 0 aliphatic rings. The fraction of sp³-hybridized carbons (Fsp3) is 0.211. The van der Waals surface area contributed by atoms with Crippen LogP contribution in [0.2, 0.25) is 5.02 Å². The van der Waals surface area contributed by atoms with E-state index in [0.717, 1.165) is 0 Å². The Bertz CT molecular complexity index is 997. The van der Waals surface area contributed by atoms with E-state index < -0.39 is 12.1 Å². The molecule has 0 bridgehead atoms. The summed E-state index contributed by atoms with van der Waals surface area (Å²) in [4.78, 5) is 25.0. The summed E-state index contributed by atoms with van der Waals surface area (Å²) in [5.41, 5.74) is 0.607. The summed E-state index contributed by atoms with van der Waals surface area (Å²) in [5.74, 6) is -0.592. The molecule has 3 rings (SSSR count). The summed E-state index contributed by atoms with van der Waals surface area (Å²) in [6.07, 6.45) is -0.538. The van der Waals surface area contributed by atoms with Gasteiger partial charge >= 0.3 is 5.97 Å². The van der Waals surface area contributed by atoms with E-state index in [4.69, 9.17) is 16.3 Å². The molecule has 0 saturated carbocycles. The number of fused-ring (bicyclic) bond motifs is 1. The summed E-state index contributed by atoms with van der Waals surface area (Å²) in [7, 11) is 0. The number of aromatic nitrogens is 2. The Kier molecular flexibility index (Phi) is 4.86. The van der Waals surface area contributed by atoms with Crippen LogP contribution in [0.15, 0.2) is 53.3 Å². The number of hydrogen-bond acceptors (Lipinski definition) is 4. The summed E-state index contributed by atoms with van der Waals surface area (Å²) >= 11 is 6.16. The van der Waals surface area contributed by atoms with Crippen molar-refractivity contribution in [2.75, 3.05) is 0 Å². The average Bonchev–Trinajstić information content (AvgIpc) is 2.62. The van der Waals surface area contributed by atoms with Gasteiger partial charge in [-0.3, -0.25) is 4.79 Å². The predicted octanol–water partition coefficient (Wildman–Crippen LogP) is 3.99. The number of aryl methyl sites for hydroxylation is 1. The van der Waals surface area contributed by atoms with Gasteiger partial charge in [-0.1, -0.05) is 48.0 Å². The molecular weight excluding hydrogens is 340 g/mol. The molecule has 1 atom stereocenters. The molecule has 0 amide bonds. The highest BCUT2D eigenvalue weighted by Crippen LogP contribution is 2.26. The van der Waals surface area contributed by atoms with Gasteiger partial charge in [0.25, 0.3) is 5.56 Å². The lowest BCUT2D eigenvalue weighted by atomic mass is 10.1. The van der Waals surface area contributed by atoms with Gasteiger partial charge in [-0.25, -0.2) is 9.48 Å². The molecule has 0 unspecified atom stereocenters. The fourth-order valence-electron chi connectivity index (χ4n) is 2.68. The fourth-order valence-corrected chi connectivity index (χ4v) is 2.97. The van der Waals surface area contributed by atoms with Crippen molar-refractivity contribution in [3.05, 3.63) is 75.2 Å². The third-order valence-corrected chi connectivity index (χ3v) is 4.33. The van der Waals surface area contributed by atoms with Gasteiger partial charge in [-0.15, -0.1) is 0 Å². The van der Waals surface area contributed by atoms with Gasteiger partial charge in [0, 0.05) is 22.5 Å². The maximum atomic E-state index is 12.7. The van der Waals surface area contributed by atoms with E-state index in [1.807, 2.05) is 12.1 Å². The van der Waals surface area contributed by atoms with Crippen molar-refractivity contribution in [1.82, 2.24) is 9.78 Å². The second-order valence-corrected chi connectivity index (χ2v) is 5.99. The Balaban J connectivity index is 2.01. The largest absolute Gasteiger partial charge is 0.453 e.